The number of ketones is 1. The highest BCUT2D eigenvalue weighted by Gasteiger charge is 2.26. The van der Waals surface area contributed by atoms with Crippen molar-refractivity contribution >= 4 is 11.8 Å². The Hall–Kier alpha value is -1.88. The summed E-state index contributed by atoms with van der Waals surface area (Å²) >= 11 is 0. The van der Waals surface area contributed by atoms with E-state index in [9.17, 15) is 9.59 Å². The van der Waals surface area contributed by atoms with Crippen LogP contribution in [0.15, 0.2) is 24.3 Å². The molecule has 1 heterocycles. The SMILES string of the molecule is CCCOc1ccc(C(=O)C(CC(=O)O)CN2CCCC2)cc1. The van der Waals surface area contributed by atoms with Crippen LogP contribution in [0.3, 0.4) is 0 Å². The minimum atomic E-state index is -0.926. The number of hydrogen-bond donors (Lipinski definition) is 1. The van der Waals surface area contributed by atoms with Gasteiger partial charge in [0.25, 0.3) is 0 Å². The predicted molar refractivity (Wildman–Crippen MR) is 88.0 cm³/mol. The molecule has 1 fully saturated rings. The van der Waals surface area contributed by atoms with E-state index in [1.807, 2.05) is 6.92 Å². The summed E-state index contributed by atoms with van der Waals surface area (Å²) in [5.41, 5.74) is 0.555. The molecule has 2 rings (SSSR count). The summed E-state index contributed by atoms with van der Waals surface area (Å²) in [6, 6.07) is 7.01. The molecular weight excluding hydrogens is 294 g/mol. The first-order valence-corrected chi connectivity index (χ1v) is 8.31. The predicted octanol–water partition coefficient (Wildman–Crippen LogP) is 2.84. The number of carbonyl (C=O) groups is 2. The highest BCUT2D eigenvalue weighted by Crippen LogP contribution is 2.20. The second kappa shape index (κ2) is 8.67. The van der Waals surface area contributed by atoms with Crippen LogP contribution in [0.4, 0.5) is 0 Å². The van der Waals surface area contributed by atoms with Gasteiger partial charge in [-0.3, -0.25) is 9.59 Å². The largest absolute Gasteiger partial charge is 0.494 e. The molecule has 0 bridgehead atoms. The van der Waals surface area contributed by atoms with Gasteiger partial charge in [-0.25, -0.2) is 0 Å². The molecule has 1 aliphatic heterocycles. The molecule has 5 heteroatoms. The van der Waals surface area contributed by atoms with Gasteiger partial charge in [0.05, 0.1) is 13.0 Å². The van der Waals surface area contributed by atoms with Crippen LogP contribution in [0.25, 0.3) is 0 Å². The minimum Gasteiger partial charge on any atom is -0.494 e. The summed E-state index contributed by atoms with van der Waals surface area (Å²) in [4.78, 5) is 25.9. The number of carboxylic acid groups (broad SMARTS) is 1. The van der Waals surface area contributed by atoms with E-state index >= 15 is 0 Å². The van der Waals surface area contributed by atoms with Crippen LogP contribution in [0.1, 0.15) is 43.0 Å². The first kappa shape index (κ1) is 17.5. The number of Topliss-reactive ketones (excluding diaryl/α,β-unsaturated/α-hetero) is 1. The van der Waals surface area contributed by atoms with Gasteiger partial charge in [-0.1, -0.05) is 6.92 Å². The van der Waals surface area contributed by atoms with E-state index < -0.39 is 11.9 Å². The topological polar surface area (TPSA) is 66.8 Å². The molecule has 0 saturated carbocycles. The molecule has 5 nitrogen and oxygen atoms in total. The number of likely N-dealkylation sites (tertiary alicyclic amines) is 1. The van der Waals surface area contributed by atoms with E-state index in [1.54, 1.807) is 24.3 Å². The quantitative estimate of drug-likeness (QED) is 0.709. The highest BCUT2D eigenvalue weighted by molar-refractivity contribution is 5.99. The van der Waals surface area contributed by atoms with E-state index in [0.717, 1.165) is 38.1 Å². The lowest BCUT2D eigenvalue weighted by atomic mass is 9.94. The second-order valence-electron chi connectivity index (χ2n) is 6.04. The van der Waals surface area contributed by atoms with Crippen molar-refractivity contribution in [3.05, 3.63) is 29.8 Å². The van der Waals surface area contributed by atoms with E-state index in [4.69, 9.17) is 9.84 Å². The molecule has 0 amide bonds. The van der Waals surface area contributed by atoms with E-state index in [1.165, 1.54) is 0 Å². The number of ether oxygens (including phenoxy) is 1. The van der Waals surface area contributed by atoms with Crippen LogP contribution in [0, 0.1) is 5.92 Å². The Kier molecular flexibility index (Phi) is 6.59. The number of carboxylic acids is 1. The van der Waals surface area contributed by atoms with Gasteiger partial charge in [-0.15, -0.1) is 0 Å². The summed E-state index contributed by atoms with van der Waals surface area (Å²) in [5, 5.41) is 9.10. The number of hydrogen-bond acceptors (Lipinski definition) is 4. The zero-order valence-electron chi connectivity index (χ0n) is 13.7. The Morgan fingerprint density at radius 1 is 1.22 bits per heavy atom. The van der Waals surface area contributed by atoms with Gasteiger partial charge in [-0.2, -0.15) is 0 Å². The standard InChI is InChI=1S/C18H25NO4/c1-2-11-23-16-7-5-14(6-8-16)18(22)15(12-17(20)21)13-19-9-3-4-10-19/h5-8,15H,2-4,9-13H2,1H3,(H,20,21). The fourth-order valence-electron chi connectivity index (χ4n) is 2.90. The third-order valence-corrected chi connectivity index (χ3v) is 4.08. The van der Waals surface area contributed by atoms with Crippen molar-refractivity contribution in [3.8, 4) is 5.75 Å². The lowest BCUT2D eigenvalue weighted by Crippen LogP contribution is -2.32. The fourth-order valence-corrected chi connectivity index (χ4v) is 2.90. The van der Waals surface area contributed by atoms with Crippen LogP contribution < -0.4 is 4.74 Å². The summed E-state index contributed by atoms with van der Waals surface area (Å²) in [5.74, 6) is -0.780. The third kappa shape index (κ3) is 5.36. The summed E-state index contributed by atoms with van der Waals surface area (Å²) in [6.07, 6.45) is 3.05. The van der Waals surface area contributed by atoms with Gasteiger partial charge in [0, 0.05) is 18.0 Å². The van der Waals surface area contributed by atoms with Crippen molar-refractivity contribution in [1.29, 1.82) is 0 Å². The molecule has 0 radical (unpaired) electrons. The van der Waals surface area contributed by atoms with Crippen LogP contribution in [-0.2, 0) is 4.79 Å². The van der Waals surface area contributed by atoms with Gasteiger partial charge in [0.15, 0.2) is 5.78 Å². The molecule has 0 spiro atoms. The molecular formula is C18H25NO4. The Morgan fingerprint density at radius 2 is 1.87 bits per heavy atom. The third-order valence-electron chi connectivity index (χ3n) is 4.08. The normalized spacial score (nSPS) is 16.2. The average Bonchev–Trinajstić information content (AvgIpc) is 3.05. The number of nitrogens with zero attached hydrogens (tertiary/aromatic N) is 1. The maximum Gasteiger partial charge on any atom is 0.304 e. The van der Waals surface area contributed by atoms with E-state index in [-0.39, 0.29) is 12.2 Å². The fraction of sp³-hybridized carbons (Fsp3) is 0.556. The Labute approximate surface area is 137 Å². The maximum atomic E-state index is 12.7. The van der Waals surface area contributed by atoms with Gasteiger partial charge in [0.1, 0.15) is 5.75 Å². The first-order valence-electron chi connectivity index (χ1n) is 8.31. The minimum absolute atomic E-state index is 0.0960. The second-order valence-corrected chi connectivity index (χ2v) is 6.04. The van der Waals surface area contributed by atoms with Crippen molar-refractivity contribution in [2.45, 2.75) is 32.6 Å². The van der Waals surface area contributed by atoms with Gasteiger partial charge in [0.2, 0.25) is 0 Å². The molecule has 1 atom stereocenters. The number of benzene rings is 1. The van der Waals surface area contributed by atoms with E-state index in [0.29, 0.717) is 18.7 Å². The molecule has 1 unspecified atom stereocenters. The Morgan fingerprint density at radius 3 is 2.43 bits per heavy atom. The van der Waals surface area contributed by atoms with Gasteiger partial charge >= 0.3 is 5.97 Å². The summed E-state index contributed by atoms with van der Waals surface area (Å²) < 4.78 is 5.51. The molecule has 1 aromatic rings. The summed E-state index contributed by atoms with van der Waals surface area (Å²) in [7, 11) is 0. The molecule has 126 valence electrons. The molecule has 1 aromatic carbocycles. The number of aliphatic carboxylic acids is 1. The number of rotatable bonds is 9. The van der Waals surface area contributed by atoms with Crippen LogP contribution in [-0.4, -0.2) is 48.0 Å². The van der Waals surface area contributed by atoms with Crippen molar-refractivity contribution in [2.24, 2.45) is 5.92 Å². The molecule has 1 aliphatic rings. The number of carbonyl (C=O) groups excluding carboxylic acids is 1. The first-order chi connectivity index (χ1) is 11.1. The van der Waals surface area contributed by atoms with Crippen molar-refractivity contribution < 1.29 is 19.4 Å². The Balaban J connectivity index is 2.04. The molecule has 1 saturated heterocycles. The van der Waals surface area contributed by atoms with Gasteiger partial charge in [-0.05, 0) is 56.6 Å². The zero-order chi connectivity index (χ0) is 16.7. The van der Waals surface area contributed by atoms with Crippen molar-refractivity contribution in [3.63, 3.8) is 0 Å². The van der Waals surface area contributed by atoms with Crippen LogP contribution in [0.2, 0.25) is 0 Å². The summed E-state index contributed by atoms with van der Waals surface area (Å²) in [6.45, 7) is 5.11. The van der Waals surface area contributed by atoms with Gasteiger partial charge < -0.3 is 14.7 Å². The van der Waals surface area contributed by atoms with Crippen LogP contribution in [0.5, 0.6) is 5.75 Å². The highest BCUT2D eigenvalue weighted by atomic mass is 16.5. The molecule has 1 N–H and O–H groups in total. The molecule has 0 aliphatic carbocycles. The average molecular weight is 319 g/mol. The smallest absolute Gasteiger partial charge is 0.304 e. The lowest BCUT2D eigenvalue weighted by Gasteiger charge is -2.21. The molecule has 23 heavy (non-hydrogen) atoms. The zero-order valence-corrected chi connectivity index (χ0v) is 13.7. The van der Waals surface area contributed by atoms with Crippen molar-refractivity contribution in [2.75, 3.05) is 26.2 Å². The lowest BCUT2D eigenvalue weighted by molar-refractivity contribution is -0.137. The maximum absolute atomic E-state index is 12.7. The Bertz CT molecular complexity index is 520. The monoisotopic (exact) mass is 319 g/mol. The van der Waals surface area contributed by atoms with Crippen molar-refractivity contribution in [1.82, 2.24) is 4.90 Å². The van der Waals surface area contributed by atoms with E-state index in [2.05, 4.69) is 4.90 Å². The van der Waals surface area contributed by atoms with Crippen LogP contribution >= 0.6 is 0 Å². The molecule has 0 aromatic heterocycles.